The summed E-state index contributed by atoms with van der Waals surface area (Å²) in [7, 11) is -3.61. The number of nitrogens with one attached hydrogen (secondary N) is 1. The maximum Gasteiger partial charge on any atom is 0.258 e. The van der Waals surface area contributed by atoms with Gasteiger partial charge in [-0.25, -0.2) is 13.4 Å². The molecule has 3 aromatic rings. The molecule has 2 aromatic carbocycles. The molecule has 0 aliphatic carbocycles. The first-order valence-electron chi connectivity index (χ1n) is 6.42. The average molecular weight is 379 g/mol. The number of hydrogen-bond acceptors (Lipinski definition) is 4. The van der Waals surface area contributed by atoms with E-state index in [-0.39, 0.29) is 22.0 Å². The molecule has 0 bridgehead atoms. The van der Waals surface area contributed by atoms with Gasteiger partial charge in [0, 0.05) is 4.47 Å². The van der Waals surface area contributed by atoms with Crippen LogP contribution < -0.4 is 5.56 Å². The van der Waals surface area contributed by atoms with Gasteiger partial charge < -0.3 is 4.98 Å². The highest BCUT2D eigenvalue weighted by molar-refractivity contribution is 9.10. The summed E-state index contributed by atoms with van der Waals surface area (Å²) >= 11 is 3.23. The maximum absolute atomic E-state index is 12.5. The van der Waals surface area contributed by atoms with E-state index in [1.54, 1.807) is 42.5 Å². The first kappa shape index (κ1) is 14.9. The van der Waals surface area contributed by atoms with Gasteiger partial charge in [-0.2, -0.15) is 0 Å². The molecule has 0 saturated carbocycles. The number of H-pyrrole nitrogens is 1. The third kappa shape index (κ3) is 2.82. The lowest BCUT2D eigenvalue weighted by atomic mass is 10.2. The smallest absolute Gasteiger partial charge is 0.258 e. The van der Waals surface area contributed by atoms with Gasteiger partial charge in [0.2, 0.25) is 0 Å². The number of aromatic amines is 1. The lowest BCUT2D eigenvalue weighted by Gasteiger charge is -2.07. The summed E-state index contributed by atoms with van der Waals surface area (Å²) < 4.78 is 25.4. The van der Waals surface area contributed by atoms with E-state index in [9.17, 15) is 13.2 Å². The highest BCUT2D eigenvalue weighted by Gasteiger charge is 2.20. The van der Waals surface area contributed by atoms with Crippen LogP contribution in [0.15, 0.2) is 62.7 Å². The van der Waals surface area contributed by atoms with E-state index in [0.717, 1.165) is 0 Å². The third-order valence-corrected chi connectivity index (χ3v) is 5.79. The van der Waals surface area contributed by atoms with Crippen molar-refractivity contribution >= 4 is 36.7 Å². The monoisotopic (exact) mass is 378 g/mol. The zero-order valence-corrected chi connectivity index (χ0v) is 13.7. The molecule has 7 heteroatoms. The van der Waals surface area contributed by atoms with E-state index in [2.05, 4.69) is 25.9 Å². The molecule has 1 heterocycles. The highest BCUT2D eigenvalue weighted by Crippen LogP contribution is 2.24. The van der Waals surface area contributed by atoms with Gasteiger partial charge in [-0.3, -0.25) is 4.79 Å². The summed E-state index contributed by atoms with van der Waals surface area (Å²) in [4.78, 5) is 18.9. The second-order valence-corrected chi connectivity index (χ2v) is 7.53. The van der Waals surface area contributed by atoms with E-state index in [1.807, 2.05) is 0 Å². The van der Waals surface area contributed by atoms with E-state index >= 15 is 0 Å². The van der Waals surface area contributed by atoms with Gasteiger partial charge in [0.05, 0.1) is 15.8 Å². The fourth-order valence-corrected chi connectivity index (χ4v) is 4.49. The lowest BCUT2D eigenvalue weighted by Crippen LogP contribution is -2.15. The van der Waals surface area contributed by atoms with E-state index in [1.165, 1.54) is 6.07 Å². The number of benzene rings is 2. The molecule has 0 radical (unpaired) electrons. The average Bonchev–Trinajstić information content (AvgIpc) is 2.47. The molecule has 0 atom stereocenters. The normalized spacial score (nSPS) is 11.7. The van der Waals surface area contributed by atoms with E-state index in [0.29, 0.717) is 15.4 Å². The Bertz CT molecular complexity index is 1010. The molecule has 5 nitrogen and oxygen atoms in total. The minimum atomic E-state index is -3.61. The molecule has 112 valence electrons. The van der Waals surface area contributed by atoms with Crippen LogP contribution >= 0.6 is 15.9 Å². The van der Waals surface area contributed by atoms with E-state index < -0.39 is 9.84 Å². The van der Waals surface area contributed by atoms with Crippen LogP contribution in [0.2, 0.25) is 0 Å². The lowest BCUT2D eigenvalue weighted by molar-refractivity contribution is 0.593. The molecule has 1 N–H and O–H groups in total. The highest BCUT2D eigenvalue weighted by atomic mass is 79.9. The summed E-state index contributed by atoms with van der Waals surface area (Å²) in [6.07, 6.45) is 0. The Balaban J connectivity index is 2.07. The number of rotatable bonds is 3. The Morgan fingerprint density at radius 1 is 1.05 bits per heavy atom. The van der Waals surface area contributed by atoms with Gasteiger partial charge in [0.25, 0.3) is 5.56 Å². The first-order chi connectivity index (χ1) is 10.5. The first-order valence-corrected chi connectivity index (χ1v) is 8.87. The molecule has 1 aromatic heterocycles. The Kier molecular flexibility index (Phi) is 3.84. The number of hydrogen-bond donors (Lipinski definition) is 1. The quantitative estimate of drug-likeness (QED) is 0.759. The Morgan fingerprint density at radius 3 is 2.50 bits per heavy atom. The van der Waals surface area contributed by atoms with Crippen LogP contribution in [0.5, 0.6) is 0 Å². The van der Waals surface area contributed by atoms with Crippen molar-refractivity contribution in [2.45, 2.75) is 10.6 Å². The zero-order chi connectivity index (χ0) is 15.7. The largest absolute Gasteiger partial charge is 0.309 e. The molecule has 0 saturated heterocycles. The topological polar surface area (TPSA) is 79.9 Å². The van der Waals surface area contributed by atoms with Gasteiger partial charge in [0.15, 0.2) is 9.84 Å². The van der Waals surface area contributed by atoms with Gasteiger partial charge in [-0.15, -0.1) is 0 Å². The van der Waals surface area contributed by atoms with Gasteiger partial charge in [0.1, 0.15) is 11.6 Å². The predicted molar refractivity (Wildman–Crippen MR) is 87.4 cm³/mol. The molecule has 0 fully saturated rings. The summed E-state index contributed by atoms with van der Waals surface area (Å²) in [5, 5.41) is 0.435. The molecule has 22 heavy (non-hydrogen) atoms. The Labute approximate surface area is 135 Å². The Hall–Kier alpha value is -1.99. The fraction of sp³-hybridized carbons (Fsp3) is 0.0667. The second-order valence-electron chi connectivity index (χ2n) is 4.72. The number of sulfone groups is 1. The molecule has 3 rings (SSSR count). The SMILES string of the molecule is O=c1[nH]c(CS(=O)(=O)c2ccccc2Br)nc2ccccc12. The van der Waals surface area contributed by atoms with Crippen molar-refractivity contribution in [1.29, 1.82) is 0 Å². The van der Waals surface area contributed by atoms with Crippen LogP contribution in [0, 0.1) is 0 Å². The number of aromatic nitrogens is 2. The minimum absolute atomic E-state index is 0.124. The van der Waals surface area contributed by atoms with Crippen LogP contribution in [0.1, 0.15) is 5.82 Å². The van der Waals surface area contributed by atoms with Crippen molar-refractivity contribution in [3.05, 3.63) is 69.2 Å². The standard InChI is InChI=1S/C15H11BrN2O3S/c16-11-6-2-4-8-13(11)22(20,21)9-14-17-12-7-3-1-5-10(12)15(19)18-14/h1-8H,9H2,(H,17,18,19). The van der Waals surface area contributed by atoms with Crippen LogP contribution in [-0.4, -0.2) is 18.4 Å². The third-order valence-electron chi connectivity index (χ3n) is 3.16. The molecular weight excluding hydrogens is 368 g/mol. The van der Waals surface area contributed by atoms with Crippen molar-refractivity contribution < 1.29 is 8.42 Å². The molecular formula is C15H11BrN2O3S. The van der Waals surface area contributed by atoms with Crippen LogP contribution in [0.3, 0.4) is 0 Å². The number of halogens is 1. The number of para-hydroxylation sites is 1. The summed E-state index contributed by atoms with van der Waals surface area (Å²) in [6.45, 7) is 0. The predicted octanol–water partition coefficient (Wildman–Crippen LogP) is 2.66. The summed E-state index contributed by atoms with van der Waals surface area (Å²) in [5.74, 6) is -0.241. The van der Waals surface area contributed by atoms with Crippen molar-refractivity contribution in [3.8, 4) is 0 Å². The minimum Gasteiger partial charge on any atom is -0.309 e. The summed E-state index contributed by atoms with van der Waals surface area (Å²) in [6, 6.07) is 13.4. The van der Waals surface area contributed by atoms with Crippen LogP contribution in [0.4, 0.5) is 0 Å². The number of nitrogens with zero attached hydrogens (tertiary/aromatic N) is 1. The van der Waals surface area contributed by atoms with Crippen LogP contribution in [-0.2, 0) is 15.6 Å². The second kappa shape index (κ2) is 5.66. The number of fused-ring (bicyclic) bond motifs is 1. The molecule has 0 amide bonds. The molecule has 0 unspecified atom stereocenters. The maximum atomic E-state index is 12.5. The van der Waals surface area contributed by atoms with Gasteiger partial charge in [-0.05, 0) is 40.2 Å². The van der Waals surface area contributed by atoms with Crippen molar-refractivity contribution in [2.75, 3.05) is 0 Å². The molecule has 0 spiro atoms. The van der Waals surface area contributed by atoms with Gasteiger partial charge in [-0.1, -0.05) is 24.3 Å². The molecule has 0 aliphatic heterocycles. The van der Waals surface area contributed by atoms with Gasteiger partial charge >= 0.3 is 0 Å². The van der Waals surface area contributed by atoms with Crippen molar-refractivity contribution in [1.82, 2.24) is 9.97 Å². The Morgan fingerprint density at radius 2 is 1.73 bits per heavy atom. The van der Waals surface area contributed by atoms with Crippen molar-refractivity contribution in [2.24, 2.45) is 0 Å². The molecule has 0 aliphatic rings. The summed E-state index contributed by atoms with van der Waals surface area (Å²) in [5.41, 5.74) is 0.131. The fourth-order valence-electron chi connectivity index (χ4n) is 2.16. The van der Waals surface area contributed by atoms with E-state index in [4.69, 9.17) is 0 Å². The van der Waals surface area contributed by atoms with Crippen molar-refractivity contribution in [3.63, 3.8) is 0 Å². The zero-order valence-electron chi connectivity index (χ0n) is 11.3. The van der Waals surface area contributed by atoms with Crippen LogP contribution in [0.25, 0.3) is 10.9 Å².